The van der Waals surface area contributed by atoms with E-state index >= 15 is 0 Å². The van der Waals surface area contributed by atoms with Gasteiger partial charge in [-0.15, -0.1) is 0 Å². The van der Waals surface area contributed by atoms with Crippen molar-refractivity contribution in [2.75, 3.05) is 11.9 Å². The number of hydrogen-bond donors (Lipinski definition) is 1. The quantitative estimate of drug-likeness (QED) is 0.888. The number of ether oxygens (including phenoxy) is 1. The molecule has 1 N–H and O–H groups in total. The highest BCUT2D eigenvalue weighted by Crippen LogP contribution is 2.28. The molecule has 0 aliphatic heterocycles. The molecule has 2 rings (SSSR count). The Kier molecular flexibility index (Phi) is 4.88. The van der Waals surface area contributed by atoms with Gasteiger partial charge in [0.05, 0.1) is 5.02 Å². The molecular formula is C14H14Cl2N2O. The first kappa shape index (κ1) is 14.0. The third-order valence-corrected chi connectivity index (χ3v) is 3.04. The van der Waals surface area contributed by atoms with Crippen LogP contribution in [0.2, 0.25) is 10.0 Å². The van der Waals surface area contributed by atoms with Crippen molar-refractivity contribution in [1.82, 2.24) is 4.98 Å². The lowest BCUT2D eigenvalue weighted by molar-refractivity contribution is 0.306. The van der Waals surface area contributed by atoms with E-state index in [4.69, 9.17) is 27.9 Å². The zero-order valence-corrected chi connectivity index (χ0v) is 12.0. The van der Waals surface area contributed by atoms with Crippen LogP contribution in [0, 0.1) is 0 Å². The van der Waals surface area contributed by atoms with Gasteiger partial charge in [-0.05, 0) is 31.2 Å². The van der Waals surface area contributed by atoms with Gasteiger partial charge in [-0.1, -0.05) is 29.3 Å². The van der Waals surface area contributed by atoms with Crippen molar-refractivity contribution in [3.05, 3.63) is 52.1 Å². The second-order valence-electron chi connectivity index (χ2n) is 3.90. The molecule has 3 nitrogen and oxygen atoms in total. The molecule has 5 heteroatoms. The molecule has 0 saturated heterocycles. The highest BCUT2D eigenvalue weighted by Gasteiger charge is 2.06. The molecule has 0 bridgehead atoms. The maximum Gasteiger partial charge on any atom is 0.138 e. The van der Waals surface area contributed by atoms with Gasteiger partial charge in [-0.3, -0.25) is 0 Å². The smallest absolute Gasteiger partial charge is 0.138 e. The first-order valence-electron chi connectivity index (χ1n) is 5.96. The van der Waals surface area contributed by atoms with Gasteiger partial charge in [-0.25, -0.2) is 4.98 Å². The number of halogens is 2. The van der Waals surface area contributed by atoms with Gasteiger partial charge in [0.15, 0.2) is 0 Å². The minimum absolute atomic E-state index is 0.400. The van der Waals surface area contributed by atoms with Crippen LogP contribution in [-0.4, -0.2) is 11.5 Å². The number of pyridine rings is 1. The van der Waals surface area contributed by atoms with Crippen molar-refractivity contribution in [1.29, 1.82) is 0 Å². The van der Waals surface area contributed by atoms with Crippen molar-refractivity contribution in [2.24, 2.45) is 0 Å². The molecule has 0 saturated carbocycles. The van der Waals surface area contributed by atoms with Gasteiger partial charge in [0.1, 0.15) is 18.2 Å². The summed E-state index contributed by atoms with van der Waals surface area (Å²) in [6.45, 7) is 3.23. The SMILES string of the molecule is CCNc1ncccc1COc1ccc(Cl)cc1Cl. The first-order chi connectivity index (χ1) is 9.20. The van der Waals surface area contributed by atoms with E-state index in [0.717, 1.165) is 17.9 Å². The minimum Gasteiger partial charge on any atom is -0.487 e. The molecule has 2 aromatic rings. The largest absolute Gasteiger partial charge is 0.487 e. The Balaban J connectivity index is 2.10. The van der Waals surface area contributed by atoms with Crippen LogP contribution < -0.4 is 10.1 Å². The molecule has 0 amide bonds. The van der Waals surface area contributed by atoms with Gasteiger partial charge in [-0.2, -0.15) is 0 Å². The van der Waals surface area contributed by atoms with Gasteiger partial charge in [0, 0.05) is 23.3 Å². The van der Waals surface area contributed by atoms with Gasteiger partial charge >= 0.3 is 0 Å². The van der Waals surface area contributed by atoms with Gasteiger partial charge in [0.25, 0.3) is 0 Å². The number of aromatic nitrogens is 1. The summed E-state index contributed by atoms with van der Waals surface area (Å²) in [5.74, 6) is 1.44. The predicted molar refractivity (Wildman–Crippen MR) is 79.2 cm³/mol. The molecule has 0 radical (unpaired) electrons. The Morgan fingerprint density at radius 3 is 2.84 bits per heavy atom. The highest BCUT2D eigenvalue weighted by molar-refractivity contribution is 6.35. The predicted octanol–water partition coefficient (Wildman–Crippen LogP) is 4.40. The fourth-order valence-corrected chi connectivity index (χ4v) is 2.09. The summed E-state index contributed by atoms with van der Waals surface area (Å²) in [5, 5.41) is 4.28. The third kappa shape index (κ3) is 3.75. The average molecular weight is 297 g/mol. The van der Waals surface area contributed by atoms with E-state index in [0.29, 0.717) is 22.4 Å². The number of anilines is 1. The molecule has 100 valence electrons. The lowest BCUT2D eigenvalue weighted by Gasteiger charge is -2.11. The van der Waals surface area contributed by atoms with E-state index < -0.39 is 0 Å². The van der Waals surface area contributed by atoms with Crippen LogP contribution in [0.15, 0.2) is 36.5 Å². The second kappa shape index (κ2) is 6.64. The zero-order chi connectivity index (χ0) is 13.7. The number of benzene rings is 1. The topological polar surface area (TPSA) is 34.2 Å². The van der Waals surface area contributed by atoms with E-state index in [1.54, 1.807) is 24.4 Å². The van der Waals surface area contributed by atoms with Gasteiger partial charge < -0.3 is 10.1 Å². The normalized spacial score (nSPS) is 10.3. The van der Waals surface area contributed by atoms with E-state index in [1.165, 1.54) is 0 Å². The zero-order valence-electron chi connectivity index (χ0n) is 10.5. The Hall–Kier alpha value is -1.45. The minimum atomic E-state index is 0.400. The van der Waals surface area contributed by atoms with Crippen molar-refractivity contribution in [3.63, 3.8) is 0 Å². The second-order valence-corrected chi connectivity index (χ2v) is 4.75. The maximum atomic E-state index is 6.06. The summed E-state index contributed by atoms with van der Waals surface area (Å²) < 4.78 is 5.69. The fourth-order valence-electron chi connectivity index (χ4n) is 1.63. The van der Waals surface area contributed by atoms with Crippen molar-refractivity contribution in [2.45, 2.75) is 13.5 Å². The molecule has 0 aliphatic rings. The summed E-state index contributed by atoms with van der Waals surface area (Å²) in [6.07, 6.45) is 1.75. The summed E-state index contributed by atoms with van der Waals surface area (Å²) in [7, 11) is 0. The van der Waals surface area contributed by atoms with Crippen LogP contribution in [0.5, 0.6) is 5.75 Å². The molecule has 19 heavy (non-hydrogen) atoms. The van der Waals surface area contributed by atoms with E-state index in [9.17, 15) is 0 Å². The Morgan fingerprint density at radius 1 is 1.26 bits per heavy atom. The monoisotopic (exact) mass is 296 g/mol. The van der Waals surface area contributed by atoms with Crippen LogP contribution in [0.1, 0.15) is 12.5 Å². The lowest BCUT2D eigenvalue weighted by Crippen LogP contribution is -2.05. The highest BCUT2D eigenvalue weighted by atomic mass is 35.5. The summed E-state index contributed by atoms with van der Waals surface area (Å²) in [6, 6.07) is 9.01. The van der Waals surface area contributed by atoms with Crippen LogP contribution in [0.25, 0.3) is 0 Å². The van der Waals surface area contributed by atoms with Crippen molar-refractivity contribution < 1.29 is 4.74 Å². The van der Waals surface area contributed by atoms with E-state index in [1.807, 2.05) is 19.1 Å². The lowest BCUT2D eigenvalue weighted by atomic mass is 10.2. The number of hydrogen-bond acceptors (Lipinski definition) is 3. The van der Waals surface area contributed by atoms with Crippen molar-refractivity contribution in [3.8, 4) is 5.75 Å². The van der Waals surface area contributed by atoms with Crippen LogP contribution in [0.4, 0.5) is 5.82 Å². The van der Waals surface area contributed by atoms with E-state index in [2.05, 4.69) is 10.3 Å². The van der Waals surface area contributed by atoms with Crippen molar-refractivity contribution >= 4 is 29.0 Å². The molecule has 1 aromatic carbocycles. The van der Waals surface area contributed by atoms with Crippen LogP contribution in [0.3, 0.4) is 0 Å². The summed E-state index contributed by atoms with van der Waals surface area (Å²) >= 11 is 11.9. The number of rotatable bonds is 5. The molecule has 0 unspecified atom stereocenters. The molecule has 0 spiro atoms. The Labute approximate surface area is 122 Å². The molecule has 0 aliphatic carbocycles. The molecule has 1 heterocycles. The maximum absolute atomic E-state index is 6.06. The van der Waals surface area contributed by atoms with Crippen LogP contribution in [-0.2, 0) is 6.61 Å². The first-order valence-corrected chi connectivity index (χ1v) is 6.72. The number of nitrogens with one attached hydrogen (secondary N) is 1. The van der Waals surface area contributed by atoms with Crippen LogP contribution >= 0.6 is 23.2 Å². The summed E-state index contributed by atoms with van der Waals surface area (Å²) in [5.41, 5.74) is 0.982. The average Bonchev–Trinajstić information content (AvgIpc) is 2.40. The molecule has 0 fully saturated rings. The number of nitrogens with zero attached hydrogens (tertiary/aromatic N) is 1. The molecule has 1 aromatic heterocycles. The summed E-state index contributed by atoms with van der Waals surface area (Å²) in [4.78, 5) is 4.27. The van der Waals surface area contributed by atoms with Gasteiger partial charge in [0.2, 0.25) is 0 Å². The molecular weight excluding hydrogens is 283 g/mol. The standard InChI is InChI=1S/C14H14Cl2N2O/c1-2-17-14-10(4-3-7-18-14)9-19-13-6-5-11(15)8-12(13)16/h3-8H,2,9H2,1H3,(H,17,18). The fraction of sp³-hybridized carbons (Fsp3) is 0.214. The Bertz CT molecular complexity index is 561. The van der Waals surface area contributed by atoms with E-state index in [-0.39, 0.29) is 0 Å². The Morgan fingerprint density at radius 2 is 2.11 bits per heavy atom. The third-order valence-electron chi connectivity index (χ3n) is 2.51. The molecule has 0 atom stereocenters.